The lowest BCUT2D eigenvalue weighted by molar-refractivity contribution is -0.112. The number of hydrogen-bond acceptors (Lipinski definition) is 3. The third kappa shape index (κ3) is 3.62. The largest absolute Gasteiger partial charge is 0.506 e. The van der Waals surface area contributed by atoms with E-state index in [0.717, 1.165) is 11.1 Å². The van der Waals surface area contributed by atoms with E-state index in [-0.39, 0.29) is 17.1 Å². The molecule has 4 rings (SSSR count). The van der Waals surface area contributed by atoms with Crippen molar-refractivity contribution in [1.29, 1.82) is 0 Å². The van der Waals surface area contributed by atoms with Gasteiger partial charge in [0.25, 0.3) is 11.7 Å². The lowest BCUT2D eigenvalue weighted by Crippen LogP contribution is -2.23. The molecule has 4 aromatic rings. The van der Waals surface area contributed by atoms with E-state index in [9.17, 15) is 19.1 Å². The van der Waals surface area contributed by atoms with Crippen LogP contribution in [0.1, 0.15) is 15.9 Å². The molecule has 0 aliphatic carbocycles. The molecule has 0 atom stereocenters. The van der Waals surface area contributed by atoms with Crippen LogP contribution >= 0.6 is 0 Å². The van der Waals surface area contributed by atoms with Gasteiger partial charge in [-0.1, -0.05) is 30.3 Å². The molecule has 0 aliphatic rings. The van der Waals surface area contributed by atoms with Gasteiger partial charge in [-0.05, 0) is 23.8 Å². The number of nitrogens with one attached hydrogen (secondary N) is 1. The highest BCUT2D eigenvalue weighted by Gasteiger charge is 2.22. The fraction of sp³-hybridized carbons (Fsp3) is 0.0909. The molecule has 0 fully saturated rings. The molecule has 0 saturated carbocycles. The van der Waals surface area contributed by atoms with Crippen LogP contribution in [0.3, 0.4) is 0 Å². The standard InChI is InChI=1S/C22H18FN3O3/c1-25-12-16(27)10-20(25)24-22(29)21(28)18-13-26(19-5-3-2-4-17(18)19)11-14-6-8-15(23)9-7-14/h2-10,12-13,27H,11H2,1H3,(H,24,29). The molecule has 0 saturated heterocycles. The summed E-state index contributed by atoms with van der Waals surface area (Å²) in [6.07, 6.45) is 3.06. The van der Waals surface area contributed by atoms with Crippen molar-refractivity contribution in [1.82, 2.24) is 9.13 Å². The van der Waals surface area contributed by atoms with Gasteiger partial charge in [0.15, 0.2) is 0 Å². The minimum Gasteiger partial charge on any atom is -0.506 e. The van der Waals surface area contributed by atoms with Crippen LogP contribution in [0, 0.1) is 5.82 Å². The number of ketones is 1. The van der Waals surface area contributed by atoms with Gasteiger partial charge >= 0.3 is 0 Å². The number of halogens is 1. The number of nitrogens with zero attached hydrogens (tertiary/aromatic N) is 2. The number of carbonyl (C=O) groups is 2. The molecule has 0 spiro atoms. The number of aryl methyl sites for hydroxylation is 1. The van der Waals surface area contributed by atoms with E-state index in [2.05, 4.69) is 5.32 Å². The number of amides is 1. The number of rotatable bonds is 5. The second-order valence-electron chi connectivity index (χ2n) is 6.79. The van der Waals surface area contributed by atoms with E-state index in [0.29, 0.717) is 17.7 Å². The predicted molar refractivity (Wildman–Crippen MR) is 107 cm³/mol. The molecule has 0 radical (unpaired) electrons. The van der Waals surface area contributed by atoms with Crippen LogP contribution in [0.4, 0.5) is 10.2 Å². The van der Waals surface area contributed by atoms with Crippen LogP contribution in [0.2, 0.25) is 0 Å². The van der Waals surface area contributed by atoms with Crippen LogP contribution in [0.5, 0.6) is 5.75 Å². The smallest absolute Gasteiger partial charge is 0.297 e. The third-order valence-electron chi connectivity index (χ3n) is 4.74. The van der Waals surface area contributed by atoms with E-state index < -0.39 is 11.7 Å². The van der Waals surface area contributed by atoms with Crippen LogP contribution in [-0.4, -0.2) is 25.9 Å². The Hall–Kier alpha value is -3.87. The molecule has 0 unspecified atom stereocenters. The number of para-hydroxylation sites is 1. The maximum atomic E-state index is 13.2. The highest BCUT2D eigenvalue weighted by atomic mass is 19.1. The summed E-state index contributed by atoms with van der Waals surface area (Å²) in [6, 6.07) is 14.8. The number of Topliss-reactive ketones (excluding diaryl/α,β-unsaturated/α-hetero) is 1. The molecule has 2 aromatic heterocycles. The maximum absolute atomic E-state index is 13.2. The average Bonchev–Trinajstić information content (AvgIpc) is 3.22. The topological polar surface area (TPSA) is 76.3 Å². The summed E-state index contributed by atoms with van der Waals surface area (Å²) in [5, 5.41) is 12.7. The molecule has 146 valence electrons. The maximum Gasteiger partial charge on any atom is 0.297 e. The predicted octanol–water partition coefficient (Wildman–Crippen LogP) is 3.69. The van der Waals surface area contributed by atoms with Crippen molar-refractivity contribution >= 4 is 28.4 Å². The van der Waals surface area contributed by atoms with E-state index in [1.165, 1.54) is 29.0 Å². The van der Waals surface area contributed by atoms with Crippen LogP contribution < -0.4 is 5.32 Å². The van der Waals surface area contributed by atoms with Crippen molar-refractivity contribution < 1.29 is 19.1 Å². The number of benzene rings is 2. The van der Waals surface area contributed by atoms with Crippen LogP contribution in [0.15, 0.2) is 67.0 Å². The summed E-state index contributed by atoms with van der Waals surface area (Å²) in [6.45, 7) is 0.432. The number of carbonyl (C=O) groups excluding carboxylic acids is 2. The third-order valence-corrected chi connectivity index (χ3v) is 4.74. The summed E-state index contributed by atoms with van der Waals surface area (Å²) in [5.41, 5.74) is 1.94. The summed E-state index contributed by atoms with van der Waals surface area (Å²) in [5.74, 6) is -1.48. The molecule has 2 N–H and O–H groups in total. The Labute approximate surface area is 165 Å². The van der Waals surface area contributed by atoms with Gasteiger partial charge in [-0.25, -0.2) is 4.39 Å². The lowest BCUT2D eigenvalue weighted by Gasteiger charge is -2.05. The number of fused-ring (bicyclic) bond motifs is 1. The number of hydrogen-bond donors (Lipinski definition) is 2. The number of anilines is 1. The van der Waals surface area contributed by atoms with Gasteiger partial charge in [0.1, 0.15) is 17.4 Å². The Kier molecular flexibility index (Phi) is 4.64. The normalized spacial score (nSPS) is 11.0. The van der Waals surface area contributed by atoms with E-state index >= 15 is 0 Å². The molecular formula is C22H18FN3O3. The Morgan fingerprint density at radius 3 is 2.48 bits per heavy atom. The fourth-order valence-electron chi connectivity index (χ4n) is 3.31. The highest BCUT2D eigenvalue weighted by Crippen LogP contribution is 2.24. The van der Waals surface area contributed by atoms with Crippen molar-refractivity contribution in [2.75, 3.05) is 5.32 Å². The second-order valence-corrected chi connectivity index (χ2v) is 6.79. The lowest BCUT2D eigenvalue weighted by atomic mass is 10.1. The Morgan fingerprint density at radius 2 is 1.79 bits per heavy atom. The molecule has 2 heterocycles. The first kappa shape index (κ1) is 18.5. The Balaban J connectivity index is 1.66. The summed E-state index contributed by atoms with van der Waals surface area (Å²) in [4.78, 5) is 25.4. The summed E-state index contributed by atoms with van der Waals surface area (Å²) < 4.78 is 16.5. The highest BCUT2D eigenvalue weighted by molar-refractivity contribution is 6.48. The van der Waals surface area contributed by atoms with Crippen molar-refractivity contribution in [3.63, 3.8) is 0 Å². The SMILES string of the molecule is Cn1cc(O)cc1NC(=O)C(=O)c1cn(Cc2ccc(F)cc2)c2ccccc12. The van der Waals surface area contributed by atoms with E-state index in [4.69, 9.17) is 0 Å². The zero-order chi connectivity index (χ0) is 20.5. The van der Waals surface area contributed by atoms with Gasteiger partial charge in [-0.15, -0.1) is 0 Å². The minimum atomic E-state index is -0.795. The molecule has 29 heavy (non-hydrogen) atoms. The van der Waals surface area contributed by atoms with Gasteiger partial charge in [0, 0.05) is 43.0 Å². The number of aromatic nitrogens is 2. The van der Waals surface area contributed by atoms with Gasteiger partial charge < -0.3 is 19.6 Å². The monoisotopic (exact) mass is 391 g/mol. The van der Waals surface area contributed by atoms with Gasteiger partial charge in [-0.2, -0.15) is 0 Å². The first-order chi connectivity index (χ1) is 13.9. The van der Waals surface area contributed by atoms with Gasteiger partial charge in [0.2, 0.25) is 0 Å². The van der Waals surface area contributed by atoms with Gasteiger partial charge in [-0.3, -0.25) is 9.59 Å². The summed E-state index contributed by atoms with van der Waals surface area (Å²) >= 11 is 0. The number of aromatic hydroxyl groups is 1. The van der Waals surface area contributed by atoms with Gasteiger partial charge in [0.05, 0.1) is 5.56 Å². The average molecular weight is 391 g/mol. The second kappa shape index (κ2) is 7.27. The molecule has 6 nitrogen and oxygen atoms in total. The Bertz CT molecular complexity index is 1220. The fourth-order valence-corrected chi connectivity index (χ4v) is 3.31. The van der Waals surface area contributed by atoms with E-state index in [1.54, 1.807) is 37.5 Å². The van der Waals surface area contributed by atoms with Crippen molar-refractivity contribution in [2.24, 2.45) is 7.05 Å². The zero-order valence-electron chi connectivity index (χ0n) is 15.6. The summed E-state index contributed by atoms with van der Waals surface area (Å²) in [7, 11) is 1.65. The van der Waals surface area contributed by atoms with E-state index in [1.807, 2.05) is 16.7 Å². The Morgan fingerprint density at radius 1 is 1.07 bits per heavy atom. The van der Waals surface area contributed by atoms with Crippen LogP contribution in [-0.2, 0) is 18.4 Å². The molecule has 0 bridgehead atoms. The quantitative estimate of drug-likeness (QED) is 0.402. The van der Waals surface area contributed by atoms with Crippen molar-refractivity contribution in [3.8, 4) is 5.75 Å². The molecule has 2 aromatic carbocycles. The van der Waals surface area contributed by atoms with Crippen LogP contribution in [0.25, 0.3) is 10.9 Å². The first-order valence-electron chi connectivity index (χ1n) is 8.95. The minimum absolute atomic E-state index is 0.00819. The molecule has 0 aliphatic heterocycles. The molecular weight excluding hydrogens is 373 g/mol. The zero-order valence-corrected chi connectivity index (χ0v) is 15.6. The molecule has 1 amide bonds. The first-order valence-corrected chi connectivity index (χ1v) is 8.95. The van der Waals surface area contributed by atoms with Crippen molar-refractivity contribution in [2.45, 2.75) is 6.54 Å². The van der Waals surface area contributed by atoms with Crippen molar-refractivity contribution in [3.05, 3.63) is 83.9 Å². The molecule has 7 heteroatoms.